The van der Waals surface area contributed by atoms with Gasteiger partial charge in [-0.25, -0.2) is 4.79 Å². The molecular weight excluding hydrogens is 254 g/mol. The number of ether oxygens (including phenoxy) is 1. The van der Waals surface area contributed by atoms with E-state index >= 15 is 0 Å². The predicted molar refractivity (Wildman–Crippen MR) is 78.6 cm³/mol. The molecular formula is C16H23NO3. The largest absolute Gasteiger partial charge is 0.452 e. The van der Waals surface area contributed by atoms with Gasteiger partial charge in [-0.2, -0.15) is 0 Å². The van der Waals surface area contributed by atoms with Gasteiger partial charge in [0.15, 0.2) is 6.61 Å². The summed E-state index contributed by atoms with van der Waals surface area (Å²) in [6, 6.07) is 7.10. The highest BCUT2D eigenvalue weighted by Gasteiger charge is 2.19. The van der Waals surface area contributed by atoms with E-state index in [1.54, 1.807) is 17.0 Å². The second-order valence-electron chi connectivity index (χ2n) is 4.53. The molecule has 1 fully saturated rings. The van der Waals surface area contributed by atoms with E-state index in [4.69, 9.17) is 4.74 Å². The summed E-state index contributed by atoms with van der Waals surface area (Å²) in [5.74, 6) is -0.546. The Hall–Kier alpha value is -1.84. The lowest BCUT2D eigenvalue weighted by atomic mass is 10.1. The van der Waals surface area contributed by atoms with Crippen LogP contribution in [0.25, 0.3) is 0 Å². The maximum absolute atomic E-state index is 11.7. The zero-order valence-electron chi connectivity index (χ0n) is 12.5. The van der Waals surface area contributed by atoms with Crippen molar-refractivity contribution >= 4 is 11.9 Å². The Morgan fingerprint density at radius 1 is 1.10 bits per heavy atom. The molecule has 1 amide bonds. The third-order valence-corrected chi connectivity index (χ3v) is 3.07. The molecule has 4 heteroatoms. The van der Waals surface area contributed by atoms with Crippen molar-refractivity contribution in [3.05, 3.63) is 35.4 Å². The van der Waals surface area contributed by atoms with E-state index in [0.717, 1.165) is 31.5 Å². The molecule has 1 aliphatic rings. The van der Waals surface area contributed by atoms with Crippen LogP contribution in [-0.4, -0.2) is 36.5 Å². The van der Waals surface area contributed by atoms with Gasteiger partial charge >= 0.3 is 5.97 Å². The van der Waals surface area contributed by atoms with Gasteiger partial charge in [-0.15, -0.1) is 0 Å². The van der Waals surface area contributed by atoms with Crippen LogP contribution in [0.5, 0.6) is 0 Å². The lowest BCUT2D eigenvalue weighted by Crippen LogP contribution is -2.32. The van der Waals surface area contributed by atoms with E-state index in [-0.39, 0.29) is 12.5 Å². The minimum Gasteiger partial charge on any atom is -0.452 e. The molecule has 0 aliphatic carbocycles. The molecule has 1 saturated heterocycles. The molecule has 20 heavy (non-hydrogen) atoms. The number of carbonyl (C=O) groups is 2. The van der Waals surface area contributed by atoms with Crippen molar-refractivity contribution in [1.82, 2.24) is 4.90 Å². The average molecular weight is 277 g/mol. The number of carbonyl (C=O) groups excluding carboxylic acids is 2. The summed E-state index contributed by atoms with van der Waals surface area (Å²) >= 11 is 0. The highest BCUT2D eigenvalue weighted by atomic mass is 16.5. The van der Waals surface area contributed by atoms with Crippen molar-refractivity contribution in [2.45, 2.75) is 33.6 Å². The van der Waals surface area contributed by atoms with Crippen molar-refractivity contribution in [2.75, 3.05) is 19.7 Å². The van der Waals surface area contributed by atoms with E-state index in [1.807, 2.05) is 32.9 Å². The number of benzene rings is 1. The van der Waals surface area contributed by atoms with E-state index in [2.05, 4.69) is 0 Å². The molecule has 0 N–H and O–H groups in total. The summed E-state index contributed by atoms with van der Waals surface area (Å²) in [7, 11) is 0. The van der Waals surface area contributed by atoms with Gasteiger partial charge in [0.2, 0.25) is 0 Å². The van der Waals surface area contributed by atoms with Crippen LogP contribution in [0.1, 0.15) is 42.6 Å². The zero-order valence-corrected chi connectivity index (χ0v) is 12.5. The van der Waals surface area contributed by atoms with Gasteiger partial charge in [0, 0.05) is 13.1 Å². The molecule has 1 aromatic carbocycles. The van der Waals surface area contributed by atoms with Gasteiger partial charge in [0.05, 0.1) is 5.56 Å². The lowest BCUT2D eigenvalue weighted by molar-refractivity contribution is -0.133. The third-order valence-electron chi connectivity index (χ3n) is 3.07. The van der Waals surface area contributed by atoms with Crippen molar-refractivity contribution < 1.29 is 14.3 Å². The highest BCUT2D eigenvalue weighted by Crippen LogP contribution is 2.08. The van der Waals surface area contributed by atoms with Crippen LogP contribution >= 0.6 is 0 Å². The number of rotatable bonds is 3. The smallest absolute Gasteiger partial charge is 0.338 e. The van der Waals surface area contributed by atoms with Crippen LogP contribution in [-0.2, 0) is 9.53 Å². The number of esters is 1. The minimum atomic E-state index is -0.442. The van der Waals surface area contributed by atoms with Crippen molar-refractivity contribution in [3.8, 4) is 0 Å². The topological polar surface area (TPSA) is 46.6 Å². The van der Waals surface area contributed by atoms with Gasteiger partial charge in [-0.05, 0) is 31.9 Å². The SMILES string of the molecule is CC.Cc1ccc(C(=O)OCC(=O)N2CCCC2)cc1. The van der Waals surface area contributed by atoms with Crippen molar-refractivity contribution in [1.29, 1.82) is 0 Å². The molecule has 2 rings (SSSR count). The Kier molecular flexibility index (Phi) is 6.77. The summed E-state index contributed by atoms with van der Waals surface area (Å²) in [6.45, 7) is 7.35. The number of nitrogens with zero attached hydrogens (tertiary/aromatic N) is 1. The van der Waals surface area contributed by atoms with E-state index in [0.29, 0.717) is 5.56 Å². The van der Waals surface area contributed by atoms with Crippen LogP contribution in [0, 0.1) is 6.92 Å². The number of amides is 1. The minimum absolute atomic E-state index is 0.104. The number of likely N-dealkylation sites (tertiary alicyclic amines) is 1. The molecule has 0 aromatic heterocycles. The van der Waals surface area contributed by atoms with E-state index in [9.17, 15) is 9.59 Å². The van der Waals surface area contributed by atoms with Crippen molar-refractivity contribution in [2.24, 2.45) is 0 Å². The Balaban J connectivity index is 0.000000956. The molecule has 1 aromatic rings. The van der Waals surface area contributed by atoms with Crippen molar-refractivity contribution in [3.63, 3.8) is 0 Å². The maximum atomic E-state index is 11.7. The fourth-order valence-corrected chi connectivity index (χ4v) is 1.96. The van der Waals surface area contributed by atoms with Crippen LogP contribution in [0.3, 0.4) is 0 Å². The average Bonchev–Trinajstić information content (AvgIpc) is 3.01. The Morgan fingerprint density at radius 2 is 1.65 bits per heavy atom. The monoisotopic (exact) mass is 277 g/mol. The summed E-state index contributed by atoms with van der Waals surface area (Å²) < 4.78 is 5.01. The third kappa shape index (κ3) is 4.68. The fourth-order valence-electron chi connectivity index (χ4n) is 1.96. The summed E-state index contributed by atoms with van der Waals surface area (Å²) in [5, 5.41) is 0. The summed E-state index contributed by atoms with van der Waals surface area (Å²) in [4.78, 5) is 25.1. The van der Waals surface area contributed by atoms with Crippen LogP contribution < -0.4 is 0 Å². The molecule has 0 spiro atoms. The molecule has 0 saturated carbocycles. The number of hydrogen-bond donors (Lipinski definition) is 0. The first kappa shape index (κ1) is 16.2. The maximum Gasteiger partial charge on any atom is 0.338 e. The Bertz CT molecular complexity index is 434. The van der Waals surface area contributed by atoms with Crippen LogP contribution in [0.4, 0.5) is 0 Å². The number of hydrogen-bond acceptors (Lipinski definition) is 3. The molecule has 0 unspecified atom stereocenters. The number of aryl methyl sites for hydroxylation is 1. The highest BCUT2D eigenvalue weighted by molar-refractivity contribution is 5.91. The van der Waals surface area contributed by atoms with Gasteiger partial charge in [-0.1, -0.05) is 31.5 Å². The van der Waals surface area contributed by atoms with Gasteiger partial charge in [-0.3, -0.25) is 4.79 Å². The van der Waals surface area contributed by atoms with Gasteiger partial charge < -0.3 is 9.64 Å². The summed E-state index contributed by atoms with van der Waals surface area (Å²) in [5.41, 5.74) is 1.56. The molecule has 0 bridgehead atoms. The van der Waals surface area contributed by atoms with E-state index in [1.165, 1.54) is 0 Å². The standard InChI is InChI=1S/C14H17NO3.C2H6/c1-11-4-6-12(7-5-11)14(17)18-10-13(16)15-8-2-3-9-15;1-2/h4-7H,2-3,8-10H2,1H3;1-2H3. The Labute approximate surface area is 120 Å². The van der Waals surface area contributed by atoms with E-state index < -0.39 is 5.97 Å². The lowest BCUT2D eigenvalue weighted by Gasteiger charge is -2.14. The normalized spacial score (nSPS) is 13.4. The fraction of sp³-hybridized carbons (Fsp3) is 0.500. The van der Waals surface area contributed by atoms with Gasteiger partial charge in [0.25, 0.3) is 5.91 Å². The quantitative estimate of drug-likeness (QED) is 0.798. The molecule has 110 valence electrons. The first-order chi connectivity index (χ1) is 9.66. The molecule has 0 radical (unpaired) electrons. The molecule has 0 atom stereocenters. The van der Waals surface area contributed by atoms with Gasteiger partial charge in [0.1, 0.15) is 0 Å². The molecule has 1 heterocycles. The zero-order chi connectivity index (χ0) is 15.0. The first-order valence-corrected chi connectivity index (χ1v) is 7.18. The van der Waals surface area contributed by atoms with Crippen LogP contribution in [0.15, 0.2) is 24.3 Å². The second-order valence-corrected chi connectivity index (χ2v) is 4.53. The Morgan fingerprint density at radius 3 is 2.20 bits per heavy atom. The second kappa shape index (κ2) is 8.35. The molecule has 4 nitrogen and oxygen atoms in total. The summed E-state index contributed by atoms with van der Waals surface area (Å²) in [6.07, 6.45) is 2.08. The van der Waals surface area contributed by atoms with Crippen LogP contribution in [0.2, 0.25) is 0 Å². The first-order valence-electron chi connectivity index (χ1n) is 7.18. The predicted octanol–water partition coefficient (Wildman–Crippen LogP) is 2.80. The molecule has 1 aliphatic heterocycles.